The number of nitrogens with one attached hydrogen (secondary N) is 3. The number of carbonyl (C=O) groups is 6. The summed E-state index contributed by atoms with van der Waals surface area (Å²) in [6.07, 6.45) is 0.195. The van der Waals surface area contributed by atoms with Crippen LogP contribution in [0.5, 0.6) is 0 Å². The Kier molecular flexibility index (Phi) is 55.0. The van der Waals surface area contributed by atoms with Crippen LogP contribution in [0, 0.1) is 77.2 Å². The number of aryl methyl sites for hydroxylation is 1. The Hall–Kier alpha value is -12.6. The van der Waals surface area contributed by atoms with Crippen LogP contribution < -0.4 is 43.0 Å². The second-order valence-corrected chi connectivity index (χ2v) is 40.4. The lowest BCUT2D eigenvalue weighted by atomic mass is 10.1. The van der Waals surface area contributed by atoms with E-state index in [1.165, 1.54) is 62.4 Å². The van der Waals surface area contributed by atoms with Crippen LogP contribution in [0.3, 0.4) is 0 Å². The van der Waals surface area contributed by atoms with Crippen molar-refractivity contribution >= 4 is 175 Å². The Morgan fingerprint density at radius 1 is 0.500 bits per heavy atom. The van der Waals surface area contributed by atoms with Gasteiger partial charge in [-0.2, -0.15) is 40.3 Å². The van der Waals surface area contributed by atoms with Gasteiger partial charge in [-0.3, -0.25) is 19.9 Å². The number of nitrogen functional groups attached to an aromatic ring is 2. The first-order chi connectivity index (χ1) is 66.8. The number of carbonyl (C=O) groups excluding carboxylic acids is 5. The highest BCUT2D eigenvalue weighted by molar-refractivity contribution is 9.11. The maximum absolute atomic E-state index is 12.9. The van der Waals surface area contributed by atoms with Crippen molar-refractivity contribution in [2.75, 3.05) is 73.7 Å². The number of fused-ring (bicyclic) bond motifs is 2. The molecule has 0 radical (unpaired) electrons. The molecule has 10 aromatic rings. The third-order valence-corrected chi connectivity index (χ3v) is 20.4. The van der Waals surface area contributed by atoms with Crippen molar-refractivity contribution in [1.82, 2.24) is 39.8 Å². The molecule has 10 rings (SSSR count). The van der Waals surface area contributed by atoms with Gasteiger partial charge in [0, 0.05) is 81.6 Å². The molecule has 5 amide bonds. The molecule has 0 saturated heterocycles. The Labute approximate surface area is 886 Å². The van der Waals surface area contributed by atoms with Crippen molar-refractivity contribution in [2.24, 2.45) is 17.6 Å². The molecule has 0 aliphatic rings. The van der Waals surface area contributed by atoms with E-state index in [1.807, 2.05) is 86.6 Å². The van der Waals surface area contributed by atoms with E-state index in [0.717, 1.165) is 53.8 Å². The van der Waals surface area contributed by atoms with Gasteiger partial charge < -0.3 is 75.9 Å². The Bertz CT molecular complexity index is 6140. The number of rotatable bonds is 25. The molecule has 0 saturated carbocycles. The molecule has 3 atom stereocenters. The molecule has 4 heterocycles. The van der Waals surface area contributed by atoms with E-state index in [2.05, 4.69) is 149 Å². The Morgan fingerprint density at radius 3 is 1.26 bits per heavy atom. The number of benzene rings is 6. The number of hydrogen-bond donors (Lipinski definition) is 8. The molecular formula is C102H128Br4Cl2N20O16. The van der Waals surface area contributed by atoms with E-state index >= 15 is 0 Å². The lowest BCUT2D eigenvalue weighted by Gasteiger charge is -2.24. The van der Waals surface area contributed by atoms with Crippen molar-refractivity contribution in [3.8, 4) is 24.3 Å². The average Bonchev–Trinajstić information content (AvgIpc) is 1.62. The standard InChI is InChI=1S/C24H28ClN7O4.C17H24N2O3.C13H15ClN4O4.C12H14BrNO.C11H15N3O.C8H5Br2N.C8H6BrN.C8H17NO3.CH4/c1-14(12-35-13-15-6-7-16(10-26)18(27)8-15)29-22(33)17-11-28-32-20(9-19(25)30-21(17)32)31(5)23(34)36-24(2,3)4;1-12(2)10-21-11-13-6-7-14(9-18)15(8-13)19-16(20)22-17(3,4)5;1-13(2,3)22-12(21)17(4)9-5-8(14)16-10-7(11(19)20)6-15-18(9)10;1-9(2)7-15-8-10-3-4-11(6-14)12(13)5-10;1-8(13)6-15-7-9-2-3-10(5-12)11(14)4-9;1-11-8-3-2-6(5-9)4-7(8)10;1-6-3-4-8(10-2)7(9)5-6;1-6(5-10)9-7(11)12-8(2,3)4;/h6-9,11,14H,12-13,27H2,1-5H3,(H,29,33);6-8,12H,10-11H2,1-5H3,(H,19,20);5-6H,1-4H3,(H,19,20);3-5,9H,7-8H2,1-2H3;2-4,8H,6-7,13-14H2,1H3;2-4H,5H2;3-5H,1H3;6,10H,5H2,1-4H3,(H,9,11);1H4/t14-;;;;8-;;;6-;/m1...1..1./s1. The van der Waals surface area contributed by atoms with Gasteiger partial charge >= 0.3 is 30.3 Å². The summed E-state index contributed by atoms with van der Waals surface area (Å²) in [5.41, 5.74) is 25.6. The minimum absolute atomic E-state index is 0. The molecule has 11 N–H and O–H groups in total. The number of alkyl halides is 1. The smallest absolute Gasteiger partial charge is 0.415 e. The van der Waals surface area contributed by atoms with E-state index in [-0.39, 0.29) is 89.7 Å². The molecule has 774 valence electrons. The zero-order chi connectivity index (χ0) is 108. The van der Waals surface area contributed by atoms with Crippen molar-refractivity contribution < 1.29 is 76.9 Å². The summed E-state index contributed by atoms with van der Waals surface area (Å²) >= 11 is 25.4. The molecule has 0 bridgehead atoms. The molecule has 0 aliphatic heterocycles. The van der Waals surface area contributed by atoms with Gasteiger partial charge in [-0.25, -0.2) is 43.6 Å². The lowest BCUT2D eigenvalue weighted by molar-refractivity contribution is 0.0486. The van der Waals surface area contributed by atoms with Gasteiger partial charge in [-0.05, 0) is 215 Å². The van der Waals surface area contributed by atoms with Crippen LogP contribution in [0.25, 0.3) is 21.0 Å². The molecular weight excluding hydrogens is 2150 g/mol. The van der Waals surface area contributed by atoms with Crippen LogP contribution in [0.2, 0.25) is 10.3 Å². The highest BCUT2D eigenvalue weighted by Crippen LogP contribution is 2.31. The fraction of sp³-hybridized carbons (Fsp3) is 0.412. The monoisotopic (exact) mass is 2270 g/mol. The van der Waals surface area contributed by atoms with Gasteiger partial charge in [0.15, 0.2) is 11.3 Å². The fourth-order valence-electron chi connectivity index (χ4n) is 11.0. The first-order valence-electron chi connectivity index (χ1n) is 44.2. The predicted octanol–water partition coefficient (Wildman–Crippen LogP) is 23.3. The minimum atomic E-state index is -1.18. The maximum Gasteiger partial charge on any atom is 0.415 e. The molecule has 0 fully saturated rings. The number of anilines is 5. The number of halogens is 6. The minimum Gasteiger partial charge on any atom is -0.477 e. The lowest BCUT2D eigenvalue weighted by Crippen LogP contribution is -2.39. The van der Waals surface area contributed by atoms with Crippen LogP contribution in [0.4, 0.5) is 59.3 Å². The number of nitrogens with zero attached hydrogens (tertiary/aromatic N) is 14. The molecule has 0 spiro atoms. The second-order valence-electron chi connectivity index (χ2n) is 36.5. The summed E-state index contributed by atoms with van der Waals surface area (Å²) in [4.78, 5) is 88.8. The number of hydrogen-bond acceptors (Lipinski definition) is 26. The molecule has 6 aromatic carbocycles. The van der Waals surface area contributed by atoms with E-state index in [0.29, 0.717) is 95.6 Å². The van der Waals surface area contributed by atoms with Crippen molar-refractivity contribution in [1.29, 1.82) is 21.0 Å². The summed E-state index contributed by atoms with van der Waals surface area (Å²) in [6, 6.07) is 43.1. The van der Waals surface area contributed by atoms with E-state index in [9.17, 15) is 28.8 Å². The number of aliphatic hydroxyl groups is 1. The average molecular weight is 2280 g/mol. The van der Waals surface area contributed by atoms with Crippen LogP contribution in [0.1, 0.15) is 215 Å². The van der Waals surface area contributed by atoms with E-state index in [1.54, 1.807) is 145 Å². The molecule has 36 nitrogen and oxygen atoms in total. The van der Waals surface area contributed by atoms with E-state index < -0.39 is 58.7 Å². The number of nitrogens with two attached hydrogens (primary N) is 3. The number of aromatic nitrogens is 6. The van der Waals surface area contributed by atoms with Gasteiger partial charge in [0.1, 0.15) is 79.7 Å². The zero-order valence-corrected chi connectivity index (χ0v) is 91.9. The summed E-state index contributed by atoms with van der Waals surface area (Å²) < 4.78 is 48.1. The van der Waals surface area contributed by atoms with Crippen molar-refractivity contribution in [2.45, 2.75) is 218 Å². The van der Waals surface area contributed by atoms with Gasteiger partial charge in [0.25, 0.3) is 5.91 Å². The highest BCUT2D eigenvalue weighted by Gasteiger charge is 2.29. The summed E-state index contributed by atoms with van der Waals surface area (Å²) in [5.74, 6) is -0.0716. The topological polar surface area (TPSA) is 502 Å². The second kappa shape index (κ2) is 62.2. The molecule has 0 aliphatic carbocycles. The summed E-state index contributed by atoms with van der Waals surface area (Å²) in [7, 11) is 2.99. The Morgan fingerprint density at radius 2 is 0.875 bits per heavy atom. The van der Waals surface area contributed by atoms with Gasteiger partial charge in [-0.1, -0.05) is 172 Å². The first kappa shape index (κ1) is 127. The van der Waals surface area contributed by atoms with Gasteiger partial charge in [0.05, 0.1) is 106 Å². The third-order valence-electron chi connectivity index (χ3n) is 17.5. The largest absolute Gasteiger partial charge is 0.477 e. The number of amides is 5. The number of alkyl carbamates (subject to hydrolysis) is 1. The van der Waals surface area contributed by atoms with E-state index in [4.69, 9.17) is 123 Å². The molecule has 144 heavy (non-hydrogen) atoms. The molecule has 42 heteroatoms. The normalized spacial score (nSPS) is 11.3. The van der Waals surface area contributed by atoms with Gasteiger partial charge in [0.2, 0.25) is 11.4 Å². The van der Waals surface area contributed by atoms with Crippen molar-refractivity contribution in [3.05, 3.63) is 247 Å². The number of nitriles is 4. The zero-order valence-electron chi connectivity index (χ0n) is 84.0. The molecule has 0 unspecified atom stereocenters. The van der Waals surface area contributed by atoms with Crippen molar-refractivity contribution in [3.63, 3.8) is 0 Å². The van der Waals surface area contributed by atoms with Crippen LogP contribution >= 0.6 is 86.9 Å². The number of carboxylic acid groups (broad SMARTS) is 1. The van der Waals surface area contributed by atoms with Gasteiger partial charge in [-0.15, -0.1) is 0 Å². The molecule has 4 aromatic heterocycles. The summed E-state index contributed by atoms with van der Waals surface area (Å²) in [6.45, 7) is 54.4. The maximum atomic E-state index is 12.9. The summed E-state index contributed by atoms with van der Waals surface area (Å²) in [5, 5.41) is 70.3. The van der Waals surface area contributed by atoms with Crippen LogP contribution in [-0.2, 0) is 69.7 Å². The predicted molar refractivity (Wildman–Crippen MR) is 573 cm³/mol. The first-order valence-corrected chi connectivity index (χ1v) is 48.5. The number of ether oxygens (including phenoxy) is 8. The fourth-order valence-corrected chi connectivity index (χ4v) is 13.3. The SMILES string of the molecule is C.CC(C)COCc1ccc(C#N)c(Br)c1.CC(C)COCc1ccc(C#N)c(NC(=O)OC(C)(C)C)c1.CN(C(=O)OC(C)(C)C)c1cc(Cl)nc2c(C(=O)O)cnn12.C[C@@H](N)COCc1ccc(C#N)c(N)c1.C[C@H](CO)NC(=O)OC(C)(C)C.C[C@H](COCc1ccc(C#N)c(N)c1)NC(=O)c1cnn2c(N(C)C(=O)OC(C)(C)C)cc(Cl)nc12.[C-]#[N+]c1ccc(C)cc1Br.[C-]#[N+]c1ccc(CBr)cc1Br. The number of carboxylic acids is 1. The third kappa shape index (κ3) is 47.7. The van der Waals surface area contributed by atoms with Crippen LogP contribution in [-0.4, -0.2) is 163 Å². The number of aliphatic hydroxyl groups excluding tert-OH is 1. The number of aromatic carboxylic acids is 1. The highest BCUT2D eigenvalue weighted by atomic mass is 79.9. The quantitative estimate of drug-likeness (QED) is 0.00866. The van der Waals surface area contributed by atoms with Crippen LogP contribution in [0.15, 0.2) is 147 Å². The Balaban J connectivity index is 0.000000577.